The Bertz CT molecular complexity index is 185. The van der Waals surface area contributed by atoms with Crippen LogP contribution in [0, 0.1) is 5.41 Å². The number of rotatable bonds is 7. The molecule has 0 aromatic carbocycles. The second-order valence-electron chi connectivity index (χ2n) is 5.77. The molecule has 1 saturated carbocycles. The summed E-state index contributed by atoms with van der Waals surface area (Å²) in [5.41, 5.74) is 0.570. The summed E-state index contributed by atoms with van der Waals surface area (Å²) in [7, 11) is 0. The molecular formula is C15H30BrN. The fourth-order valence-corrected chi connectivity index (χ4v) is 3.76. The number of nitrogens with zero attached hydrogens (tertiary/aromatic N) is 1. The maximum absolute atomic E-state index is 3.80. The Morgan fingerprint density at radius 3 is 2.18 bits per heavy atom. The molecule has 0 radical (unpaired) electrons. The van der Waals surface area contributed by atoms with Crippen LogP contribution in [0.5, 0.6) is 0 Å². The van der Waals surface area contributed by atoms with Crippen molar-refractivity contribution in [3.05, 3.63) is 0 Å². The highest BCUT2D eigenvalue weighted by Crippen LogP contribution is 2.37. The van der Waals surface area contributed by atoms with Crippen LogP contribution in [0.1, 0.15) is 65.2 Å². The van der Waals surface area contributed by atoms with E-state index in [0.29, 0.717) is 5.41 Å². The van der Waals surface area contributed by atoms with Gasteiger partial charge < -0.3 is 4.90 Å². The van der Waals surface area contributed by atoms with Gasteiger partial charge in [-0.2, -0.15) is 0 Å². The van der Waals surface area contributed by atoms with Crippen LogP contribution >= 0.6 is 15.9 Å². The molecule has 0 aromatic heterocycles. The number of hydrogen-bond donors (Lipinski definition) is 0. The normalized spacial score (nSPS) is 20.5. The van der Waals surface area contributed by atoms with E-state index in [-0.39, 0.29) is 0 Å². The molecule has 0 aliphatic heterocycles. The number of unbranched alkanes of at least 4 members (excludes halogenated alkanes) is 1. The van der Waals surface area contributed by atoms with Gasteiger partial charge in [-0.1, -0.05) is 61.9 Å². The zero-order chi connectivity index (χ0) is 12.6. The standard InChI is InChI=1S/C15H30BrN/c1-3-5-12-17(4-2)14-15(13-16)10-8-6-7-9-11-15/h3-14H2,1-2H3. The van der Waals surface area contributed by atoms with E-state index in [9.17, 15) is 0 Å². The molecule has 2 heteroatoms. The van der Waals surface area contributed by atoms with Crippen molar-refractivity contribution < 1.29 is 0 Å². The van der Waals surface area contributed by atoms with Crippen molar-refractivity contribution in [3.8, 4) is 0 Å². The van der Waals surface area contributed by atoms with E-state index in [1.807, 2.05) is 0 Å². The predicted molar refractivity (Wildman–Crippen MR) is 81.0 cm³/mol. The van der Waals surface area contributed by atoms with Crippen molar-refractivity contribution in [2.75, 3.05) is 25.0 Å². The van der Waals surface area contributed by atoms with Crippen molar-refractivity contribution in [2.45, 2.75) is 65.2 Å². The van der Waals surface area contributed by atoms with Crippen molar-refractivity contribution in [1.82, 2.24) is 4.90 Å². The molecule has 0 spiro atoms. The SMILES string of the molecule is CCCCN(CC)CC1(CBr)CCCCCC1. The highest BCUT2D eigenvalue weighted by atomic mass is 79.9. The molecule has 0 heterocycles. The number of halogens is 1. The maximum Gasteiger partial charge on any atom is 0.0100 e. The topological polar surface area (TPSA) is 3.24 Å². The lowest BCUT2D eigenvalue weighted by Crippen LogP contribution is -2.39. The van der Waals surface area contributed by atoms with Gasteiger partial charge in [0.2, 0.25) is 0 Å². The largest absolute Gasteiger partial charge is 0.303 e. The van der Waals surface area contributed by atoms with E-state index in [2.05, 4.69) is 34.7 Å². The van der Waals surface area contributed by atoms with Gasteiger partial charge in [0.15, 0.2) is 0 Å². The molecule has 1 aliphatic carbocycles. The van der Waals surface area contributed by atoms with Gasteiger partial charge >= 0.3 is 0 Å². The van der Waals surface area contributed by atoms with Gasteiger partial charge in [-0.25, -0.2) is 0 Å². The highest BCUT2D eigenvalue weighted by Gasteiger charge is 2.31. The number of hydrogen-bond acceptors (Lipinski definition) is 1. The van der Waals surface area contributed by atoms with Crippen LogP contribution in [-0.4, -0.2) is 29.9 Å². The molecule has 0 saturated heterocycles. The minimum absolute atomic E-state index is 0.570. The third-order valence-electron chi connectivity index (χ3n) is 4.28. The summed E-state index contributed by atoms with van der Waals surface area (Å²) in [6.07, 6.45) is 11.3. The lowest BCUT2D eigenvalue weighted by atomic mass is 9.82. The average molecular weight is 304 g/mol. The van der Waals surface area contributed by atoms with Gasteiger partial charge in [-0.15, -0.1) is 0 Å². The fourth-order valence-electron chi connectivity index (χ4n) is 3.02. The summed E-state index contributed by atoms with van der Waals surface area (Å²) in [4.78, 5) is 2.68. The van der Waals surface area contributed by atoms with E-state index in [1.54, 1.807) is 0 Å². The Labute approximate surface area is 116 Å². The monoisotopic (exact) mass is 303 g/mol. The van der Waals surface area contributed by atoms with E-state index in [4.69, 9.17) is 0 Å². The molecule has 0 amide bonds. The third-order valence-corrected chi connectivity index (χ3v) is 5.47. The zero-order valence-electron chi connectivity index (χ0n) is 11.8. The van der Waals surface area contributed by atoms with Crippen LogP contribution in [0.15, 0.2) is 0 Å². The summed E-state index contributed by atoms with van der Waals surface area (Å²) >= 11 is 3.80. The Morgan fingerprint density at radius 2 is 1.71 bits per heavy atom. The van der Waals surface area contributed by atoms with E-state index < -0.39 is 0 Å². The molecule has 1 nitrogen and oxygen atoms in total. The van der Waals surface area contributed by atoms with Crippen LogP contribution in [-0.2, 0) is 0 Å². The van der Waals surface area contributed by atoms with E-state index in [1.165, 1.54) is 76.3 Å². The van der Waals surface area contributed by atoms with Crippen LogP contribution < -0.4 is 0 Å². The zero-order valence-corrected chi connectivity index (χ0v) is 13.4. The first-order valence-electron chi connectivity index (χ1n) is 7.54. The molecule has 1 aliphatic rings. The van der Waals surface area contributed by atoms with Crippen LogP contribution in [0.4, 0.5) is 0 Å². The molecule has 0 unspecified atom stereocenters. The Balaban J connectivity index is 2.51. The average Bonchev–Trinajstić information content (AvgIpc) is 2.60. The second-order valence-corrected chi connectivity index (χ2v) is 6.33. The van der Waals surface area contributed by atoms with Gasteiger partial charge in [-0.05, 0) is 37.8 Å². The maximum atomic E-state index is 3.80. The van der Waals surface area contributed by atoms with Gasteiger partial charge in [0.25, 0.3) is 0 Å². The van der Waals surface area contributed by atoms with Crippen LogP contribution in [0.3, 0.4) is 0 Å². The molecular weight excluding hydrogens is 274 g/mol. The first-order valence-corrected chi connectivity index (χ1v) is 8.67. The fraction of sp³-hybridized carbons (Fsp3) is 1.00. The quantitative estimate of drug-likeness (QED) is 0.480. The van der Waals surface area contributed by atoms with Crippen LogP contribution in [0.2, 0.25) is 0 Å². The summed E-state index contributed by atoms with van der Waals surface area (Å²) in [6, 6.07) is 0. The molecule has 1 fully saturated rings. The molecule has 0 atom stereocenters. The summed E-state index contributed by atoms with van der Waals surface area (Å²) in [5, 5.41) is 1.20. The van der Waals surface area contributed by atoms with Crippen molar-refractivity contribution in [1.29, 1.82) is 0 Å². The summed E-state index contributed by atoms with van der Waals surface area (Å²) in [5.74, 6) is 0. The van der Waals surface area contributed by atoms with Crippen molar-refractivity contribution in [3.63, 3.8) is 0 Å². The van der Waals surface area contributed by atoms with E-state index >= 15 is 0 Å². The second kappa shape index (κ2) is 8.53. The minimum atomic E-state index is 0.570. The molecule has 0 aromatic rings. The van der Waals surface area contributed by atoms with Crippen LogP contribution in [0.25, 0.3) is 0 Å². The third kappa shape index (κ3) is 5.30. The molecule has 17 heavy (non-hydrogen) atoms. The Kier molecular flexibility index (Phi) is 7.77. The summed E-state index contributed by atoms with van der Waals surface area (Å²) in [6.45, 7) is 8.43. The predicted octanol–water partition coefficient (Wildman–Crippen LogP) is 4.84. The molecule has 1 rings (SSSR count). The van der Waals surface area contributed by atoms with Gasteiger partial charge in [0.05, 0.1) is 0 Å². The molecule has 0 N–H and O–H groups in total. The van der Waals surface area contributed by atoms with Gasteiger partial charge in [0, 0.05) is 11.9 Å². The minimum Gasteiger partial charge on any atom is -0.303 e. The molecule has 102 valence electrons. The van der Waals surface area contributed by atoms with E-state index in [0.717, 1.165) is 0 Å². The highest BCUT2D eigenvalue weighted by molar-refractivity contribution is 9.09. The van der Waals surface area contributed by atoms with Gasteiger partial charge in [0.1, 0.15) is 0 Å². The Hall–Kier alpha value is 0.440. The lowest BCUT2D eigenvalue weighted by molar-refractivity contribution is 0.155. The van der Waals surface area contributed by atoms with Crippen molar-refractivity contribution in [2.24, 2.45) is 5.41 Å². The smallest absolute Gasteiger partial charge is 0.0100 e. The van der Waals surface area contributed by atoms with Gasteiger partial charge in [-0.3, -0.25) is 0 Å². The molecule has 0 bridgehead atoms. The number of alkyl halides is 1. The first kappa shape index (κ1) is 15.5. The Morgan fingerprint density at radius 1 is 1.06 bits per heavy atom. The lowest BCUT2D eigenvalue weighted by Gasteiger charge is -2.36. The summed E-state index contributed by atoms with van der Waals surface area (Å²) < 4.78 is 0. The van der Waals surface area contributed by atoms with Crippen molar-refractivity contribution >= 4 is 15.9 Å². The first-order chi connectivity index (χ1) is 8.26.